The number of hydrogen-bond donors (Lipinski definition) is 1. The summed E-state index contributed by atoms with van der Waals surface area (Å²) in [5.74, 6) is 0.791. The highest BCUT2D eigenvalue weighted by molar-refractivity contribution is 5.83. The van der Waals surface area contributed by atoms with Crippen LogP contribution in [-0.4, -0.2) is 12.2 Å². The van der Waals surface area contributed by atoms with Crippen LogP contribution in [0.5, 0.6) is 5.75 Å². The lowest BCUT2D eigenvalue weighted by molar-refractivity contribution is 0.220. The summed E-state index contributed by atoms with van der Waals surface area (Å²) in [7, 11) is 1.63. The van der Waals surface area contributed by atoms with Gasteiger partial charge in [0, 0.05) is 0 Å². The Morgan fingerprint density at radius 3 is 2.15 bits per heavy atom. The second-order valence-electron chi connectivity index (χ2n) is 4.78. The maximum absolute atomic E-state index is 10.5. The third-order valence-corrected chi connectivity index (χ3v) is 3.52. The molecule has 0 unspecified atom stereocenters. The Labute approximate surface area is 118 Å². The Bertz CT molecular complexity index is 717. The van der Waals surface area contributed by atoms with Gasteiger partial charge in [-0.15, -0.1) is 0 Å². The largest absolute Gasteiger partial charge is 0.497 e. The molecular weight excluding hydrogens is 248 g/mol. The monoisotopic (exact) mass is 264 g/mol. The highest BCUT2D eigenvalue weighted by atomic mass is 16.5. The zero-order valence-corrected chi connectivity index (χ0v) is 11.3. The van der Waals surface area contributed by atoms with Crippen LogP contribution in [0, 0.1) is 0 Å². The van der Waals surface area contributed by atoms with E-state index in [0.717, 1.165) is 22.3 Å². The van der Waals surface area contributed by atoms with Gasteiger partial charge >= 0.3 is 0 Å². The zero-order chi connectivity index (χ0) is 13.9. The molecular formula is C18H16O2. The Morgan fingerprint density at radius 2 is 1.45 bits per heavy atom. The van der Waals surface area contributed by atoms with Crippen LogP contribution in [0.1, 0.15) is 17.2 Å². The van der Waals surface area contributed by atoms with E-state index < -0.39 is 6.10 Å². The number of fused-ring (bicyclic) bond motifs is 1. The van der Waals surface area contributed by atoms with E-state index in [4.69, 9.17) is 4.74 Å². The van der Waals surface area contributed by atoms with Gasteiger partial charge in [-0.1, -0.05) is 48.5 Å². The van der Waals surface area contributed by atoms with Crippen LogP contribution >= 0.6 is 0 Å². The summed E-state index contributed by atoms with van der Waals surface area (Å²) in [4.78, 5) is 0. The maximum atomic E-state index is 10.5. The fourth-order valence-electron chi connectivity index (χ4n) is 2.36. The summed E-state index contributed by atoms with van der Waals surface area (Å²) in [6.07, 6.45) is -0.620. The minimum Gasteiger partial charge on any atom is -0.497 e. The molecule has 1 atom stereocenters. The Morgan fingerprint density at radius 1 is 0.800 bits per heavy atom. The normalized spacial score (nSPS) is 12.3. The van der Waals surface area contributed by atoms with Crippen LogP contribution in [0.25, 0.3) is 10.8 Å². The molecule has 2 nitrogen and oxygen atoms in total. The molecule has 0 amide bonds. The lowest BCUT2D eigenvalue weighted by Crippen LogP contribution is -1.99. The predicted octanol–water partition coefficient (Wildman–Crippen LogP) is 3.93. The van der Waals surface area contributed by atoms with E-state index in [1.165, 1.54) is 5.39 Å². The molecule has 0 saturated heterocycles. The highest BCUT2D eigenvalue weighted by Gasteiger charge is 2.10. The number of ether oxygens (including phenoxy) is 1. The van der Waals surface area contributed by atoms with Crippen LogP contribution < -0.4 is 4.74 Å². The van der Waals surface area contributed by atoms with E-state index in [9.17, 15) is 5.11 Å². The molecule has 0 spiro atoms. The zero-order valence-electron chi connectivity index (χ0n) is 11.3. The second-order valence-corrected chi connectivity index (χ2v) is 4.78. The quantitative estimate of drug-likeness (QED) is 0.776. The maximum Gasteiger partial charge on any atom is 0.118 e. The number of benzene rings is 3. The molecule has 0 aliphatic rings. The van der Waals surface area contributed by atoms with Crippen LogP contribution in [-0.2, 0) is 0 Å². The number of methoxy groups -OCH3 is 1. The number of aliphatic hydroxyl groups is 1. The van der Waals surface area contributed by atoms with Gasteiger partial charge < -0.3 is 9.84 Å². The molecule has 0 aliphatic carbocycles. The Kier molecular flexibility index (Phi) is 3.40. The first-order chi connectivity index (χ1) is 9.78. The number of aliphatic hydroxyl groups excluding tert-OH is 1. The molecule has 1 N–H and O–H groups in total. The second kappa shape index (κ2) is 5.35. The van der Waals surface area contributed by atoms with E-state index in [1.54, 1.807) is 7.11 Å². The molecule has 0 aliphatic heterocycles. The summed E-state index contributed by atoms with van der Waals surface area (Å²) in [6.45, 7) is 0. The van der Waals surface area contributed by atoms with Crippen molar-refractivity contribution in [3.05, 3.63) is 77.9 Å². The van der Waals surface area contributed by atoms with Gasteiger partial charge in [-0.05, 0) is 40.1 Å². The van der Waals surface area contributed by atoms with Gasteiger partial charge in [0.15, 0.2) is 0 Å². The highest BCUT2D eigenvalue weighted by Crippen LogP contribution is 2.26. The van der Waals surface area contributed by atoms with Gasteiger partial charge in [-0.2, -0.15) is 0 Å². The van der Waals surface area contributed by atoms with E-state index in [1.807, 2.05) is 54.6 Å². The van der Waals surface area contributed by atoms with E-state index in [-0.39, 0.29) is 0 Å². The van der Waals surface area contributed by atoms with Gasteiger partial charge in [0.1, 0.15) is 11.9 Å². The van der Waals surface area contributed by atoms with Crippen molar-refractivity contribution in [2.24, 2.45) is 0 Å². The lowest BCUT2D eigenvalue weighted by Gasteiger charge is -2.13. The standard InChI is InChI=1S/C18H16O2/c1-20-17-10-8-14(9-11-17)18(19)16-7-6-13-4-2-3-5-15(13)12-16/h2-12,18-19H,1H3/t18-/m0/s1. The van der Waals surface area contributed by atoms with Crippen LogP contribution in [0.4, 0.5) is 0 Å². The van der Waals surface area contributed by atoms with Crippen molar-refractivity contribution in [1.29, 1.82) is 0 Å². The summed E-state index contributed by atoms with van der Waals surface area (Å²) in [5, 5.41) is 12.8. The Balaban J connectivity index is 1.96. The average molecular weight is 264 g/mol. The lowest BCUT2D eigenvalue weighted by atomic mass is 9.98. The first-order valence-electron chi connectivity index (χ1n) is 6.58. The fraction of sp³-hybridized carbons (Fsp3) is 0.111. The van der Waals surface area contributed by atoms with E-state index >= 15 is 0 Å². The van der Waals surface area contributed by atoms with Crippen molar-refractivity contribution in [1.82, 2.24) is 0 Å². The smallest absolute Gasteiger partial charge is 0.118 e. The van der Waals surface area contributed by atoms with Crippen molar-refractivity contribution in [2.45, 2.75) is 6.10 Å². The third-order valence-electron chi connectivity index (χ3n) is 3.52. The van der Waals surface area contributed by atoms with Gasteiger partial charge in [0.05, 0.1) is 7.11 Å². The Hall–Kier alpha value is -2.32. The van der Waals surface area contributed by atoms with Gasteiger partial charge in [-0.25, -0.2) is 0 Å². The van der Waals surface area contributed by atoms with Gasteiger partial charge in [0.2, 0.25) is 0 Å². The van der Waals surface area contributed by atoms with Crippen molar-refractivity contribution in [3.63, 3.8) is 0 Å². The van der Waals surface area contributed by atoms with Crippen LogP contribution in [0.2, 0.25) is 0 Å². The minimum absolute atomic E-state index is 0.620. The molecule has 0 radical (unpaired) electrons. The number of hydrogen-bond acceptors (Lipinski definition) is 2. The topological polar surface area (TPSA) is 29.5 Å². The molecule has 3 aromatic carbocycles. The molecule has 0 fully saturated rings. The molecule has 0 saturated carbocycles. The van der Waals surface area contributed by atoms with Crippen LogP contribution in [0.15, 0.2) is 66.7 Å². The third kappa shape index (κ3) is 2.38. The minimum atomic E-state index is -0.620. The van der Waals surface area contributed by atoms with Crippen molar-refractivity contribution in [2.75, 3.05) is 7.11 Å². The first kappa shape index (κ1) is 12.7. The fourth-order valence-corrected chi connectivity index (χ4v) is 2.36. The van der Waals surface area contributed by atoms with Crippen molar-refractivity contribution >= 4 is 10.8 Å². The molecule has 100 valence electrons. The first-order valence-corrected chi connectivity index (χ1v) is 6.58. The van der Waals surface area contributed by atoms with Crippen LogP contribution in [0.3, 0.4) is 0 Å². The number of rotatable bonds is 3. The molecule has 2 heteroatoms. The summed E-state index contributed by atoms with van der Waals surface area (Å²) >= 11 is 0. The molecule has 0 bridgehead atoms. The molecule has 3 rings (SSSR count). The molecule has 20 heavy (non-hydrogen) atoms. The average Bonchev–Trinajstić information content (AvgIpc) is 2.54. The van der Waals surface area contributed by atoms with Crippen molar-refractivity contribution < 1.29 is 9.84 Å². The van der Waals surface area contributed by atoms with Gasteiger partial charge in [-0.3, -0.25) is 0 Å². The van der Waals surface area contributed by atoms with Crippen molar-refractivity contribution in [3.8, 4) is 5.75 Å². The van der Waals surface area contributed by atoms with Gasteiger partial charge in [0.25, 0.3) is 0 Å². The predicted molar refractivity (Wildman–Crippen MR) is 81.0 cm³/mol. The molecule has 0 heterocycles. The van der Waals surface area contributed by atoms with E-state index in [0.29, 0.717) is 0 Å². The summed E-state index contributed by atoms with van der Waals surface area (Å²) in [6, 6.07) is 21.7. The summed E-state index contributed by atoms with van der Waals surface area (Å²) in [5.41, 5.74) is 1.76. The molecule has 0 aromatic heterocycles. The SMILES string of the molecule is COc1ccc([C@H](O)c2ccc3ccccc3c2)cc1. The molecule has 3 aromatic rings. The van der Waals surface area contributed by atoms with E-state index in [2.05, 4.69) is 12.1 Å². The summed E-state index contributed by atoms with van der Waals surface area (Å²) < 4.78 is 5.13.